The summed E-state index contributed by atoms with van der Waals surface area (Å²) in [5, 5.41) is 9.02. The van der Waals surface area contributed by atoms with Gasteiger partial charge in [-0.15, -0.1) is 0 Å². The summed E-state index contributed by atoms with van der Waals surface area (Å²) in [5.74, 6) is -1.29. The summed E-state index contributed by atoms with van der Waals surface area (Å²) in [6.07, 6.45) is 1.04. The van der Waals surface area contributed by atoms with Crippen molar-refractivity contribution in [2.24, 2.45) is 0 Å². The van der Waals surface area contributed by atoms with Crippen LogP contribution in [0.5, 0.6) is 0 Å². The Hall–Kier alpha value is -1.19. The molecule has 9 heteroatoms. The molecule has 0 bridgehead atoms. The predicted molar refractivity (Wildman–Crippen MR) is 84.5 cm³/mol. The lowest BCUT2D eigenvalue weighted by Crippen LogP contribution is -2.50. The molecule has 134 valence electrons. The van der Waals surface area contributed by atoms with Gasteiger partial charge in [0.2, 0.25) is 15.9 Å². The lowest BCUT2D eigenvalue weighted by atomic mass is 10.0. The summed E-state index contributed by atoms with van der Waals surface area (Å²) in [6, 6.07) is -0.247. The van der Waals surface area contributed by atoms with Crippen molar-refractivity contribution in [3.8, 4) is 0 Å². The van der Waals surface area contributed by atoms with Gasteiger partial charge < -0.3 is 14.7 Å². The summed E-state index contributed by atoms with van der Waals surface area (Å²) < 4.78 is 30.3. The number of carbonyl (C=O) groups excluding carboxylic acids is 1. The summed E-state index contributed by atoms with van der Waals surface area (Å²) in [7, 11) is -3.24. The minimum Gasteiger partial charge on any atom is -0.480 e. The molecule has 1 fully saturated rings. The first-order valence-corrected chi connectivity index (χ1v) is 9.49. The van der Waals surface area contributed by atoms with Gasteiger partial charge in [0, 0.05) is 25.7 Å². The minimum absolute atomic E-state index is 0.0454. The number of sulfonamides is 1. The lowest BCUT2D eigenvalue weighted by molar-refractivity contribution is -0.147. The number of aliphatic carboxylic acids is 1. The molecule has 1 heterocycles. The van der Waals surface area contributed by atoms with Crippen LogP contribution in [0.25, 0.3) is 0 Å². The Labute approximate surface area is 137 Å². The van der Waals surface area contributed by atoms with Crippen LogP contribution in [0.4, 0.5) is 0 Å². The standard InChI is InChI=1S/C14H26N2O6S/c1-3-22-10-7-13(17)16(11-14(18)19)12-5-8-15(9-6-12)23(20,21)4-2/h12H,3-11H2,1-2H3,(H,18,19). The van der Waals surface area contributed by atoms with Crippen LogP contribution in [-0.4, -0.2) is 79.2 Å². The molecule has 1 rings (SSSR count). The smallest absolute Gasteiger partial charge is 0.323 e. The number of hydrogen-bond donors (Lipinski definition) is 1. The van der Waals surface area contributed by atoms with Gasteiger partial charge in [0.25, 0.3) is 0 Å². The monoisotopic (exact) mass is 350 g/mol. The predicted octanol–water partition coefficient (Wildman–Crippen LogP) is 0.140. The highest BCUT2D eigenvalue weighted by molar-refractivity contribution is 7.89. The average Bonchev–Trinajstić information content (AvgIpc) is 2.52. The number of nitrogens with zero attached hydrogens (tertiary/aromatic N) is 2. The molecule has 0 aliphatic carbocycles. The molecule has 1 aliphatic rings. The Morgan fingerprint density at radius 3 is 2.35 bits per heavy atom. The van der Waals surface area contributed by atoms with Crippen LogP contribution in [0, 0.1) is 0 Å². The van der Waals surface area contributed by atoms with E-state index in [4.69, 9.17) is 9.84 Å². The minimum atomic E-state index is -3.24. The SMILES string of the molecule is CCOCCC(=O)N(CC(=O)O)C1CCN(S(=O)(=O)CC)CC1. The molecule has 1 amide bonds. The van der Waals surface area contributed by atoms with Gasteiger partial charge in [0.15, 0.2) is 0 Å². The van der Waals surface area contributed by atoms with E-state index in [0.717, 1.165) is 0 Å². The summed E-state index contributed by atoms with van der Waals surface area (Å²) in [4.78, 5) is 24.6. The van der Waals surface area contributed by atoms with Gasteiger partial charge in [-0.05, 0) is 26.7 Å². The van der Waals surface area contributed by atoms with Gasteiger partial charge in [-0.3, -0.25) is 9.59 Å². The largest absolute Gasteiger partial charge is 0.480 e. The molecule has 1 saturated heterocycles. The zero-order valence-corrected chi connectivity index (χ0v) is 14.5. The van der Waals surface area contributed by atoms with Crippen molar-refractivity contribution in [1.29, 1.82) is 0 Å². The van der Waals surface area contributed by atoms with Crippen molar-refractivity contribution in [2.75, 3.05) is 38.6 Å². The molecule has 1 aliphatic heterocycles. The number of carboxylic acids is 1. The number of ether oxygens (including phenoxy) is 1. The third-order valence-corrected chi connectivity index (χ3v) is 5.79. The van der Waals surface area contributed by atoms with Gasteiger partial charge in [0.05, 0.1) is 18.8 Å². The second kappa shape index (κ2) is 9.19. The fraction of sp³-hybridized carbons (Fsp3) is 0.857. The van der Waals surface area contributed by atoms with E-state index in [1.165, 1.54) is 9.21 Å². The first-order valence-electron chi connectivity index (χ1n) is 7.88. The lowest BCUT2D eigenvalue weighted by Gasteiger charge is -2.37. The Balaban J connectivity index is 2.67. The molecule has 8 nitrogen and oxygen atoms in total. The van der Waals surface area contributed by atoms with Crippen LogP contribution < -0.4 is 0 Å². The van der Waals surface area contributed by atoms with Crippen LogP contribution in [0.15, 0.2) is 0 Å². The van der Waals surface area contributed by atoms with Crippen molar-refractivity contribution >= 4 is 21.9 Å². The molecule has 0 aromatic rings. The van der Waals surface area contributed by atoms with E-state index in [1.807, 2.05) is 6.92 Å². The normalized spacial score (nSPS) is 17.1. The number of carboxylic acid groups (broad SMARTS) is 1. The van der Waals surface area contributed by atoms with E-state index in [9.17, 15) is 18.0 Å². The van der Waals surface area contributed by atoms with Gasteiger partial charge in [-0.1, -0.05) is 0 Å². The van der Waals surface area contributed by atoms with E-state index in [2.05, 4.69) is 0 Å². The van der Waals surface area contributed by atoms with Gasteiger partial charge in [0.1, 0.15) is 6.54 Å². The molecule has 0 atom stereocenters. The van der Waals surface area contributed by atoms with Crippen molar-refractivity contribution in [2.45, 2.75) is 39.2 Å². The first-order chi connectivity index (χ1) is 10.8. The number of carbonyl (C=O) groups is 2. The van der Waals surface area contributed by atoms with E-state index in [0.29, 0.717) is 32.5 Å². The molecule has 0 radical (unpaired) electrons. The fourth-order valence-corrected chi connectivity index (χ4v) is 3.76. The van der Waals surface area contributed by atoms with Crippen LogP contribution >= 0.6 is 0 Å². The number of rotatable bonds is 9. The van der Waals surface area contributed by atoms with Crippen molar-refractivity contribution < 1.29 is 27.9 Å². The fourth-order valence-electron chi connectivity index (χ4n) is 2.63. The van der Waals surface area contributed by atoms with Gasteiger partial charge in [-0.25, -0.2) is 12.7 Å². The summed E-state index contributed by atoms with van der Waals surface area (Å²) in [6.45, 7) is 4.44. The highest BCUT2D eigenvalue weighted by Crippen LogP contribution is 2.20. The van der Waals surface area contributed by atoms with Gasteiger partial charge >= 0.3 is 5.97 Å². The van der Waals surface area contributed by atoms with Gasteiger partial charge in [-0.2, -0.15) is 0 Å². The number of piperidine rings is 1. The topological polar surface area (TPSA) is 104 Å². The Morgan fingerprint density at radius 2 is 1.87 bits per heavy atom. The third-order valence-electron chi connectivity index (χ3n) is 3.91. The molecule has 0 saturated carbocycles. The molecular formula is C14H26N2O6S. The van der Waals surface area contributed by atoms with E-state index < -0.39 is 16.0 Å². The summed E-state index contributed by atoms with van der Waals surface area (Å²) in [5.41, 5.74) is 0. The highest BCUT2D eigenvalue weighted by atomic mass is 32.2. The van der Waals surface area contributed by atoms with Crippen molar-refractivity contribution in [3.63, 3.8) is 0 Å². The molecule has 0 aromatic heterocycles. The third kappa shape index (κ3) is 6.08. The van der Waals surface area contributed by atoms with Crippen LogP contribution in [0.1, 0.15) is 33.1 Å². The second-order valence-electron chi connectivity index (χ2n) is 5.39. The van der Waals surface area contributed by atoms with Crippen molar-refractivity contribution in [3.05, 3.63) is 0 Å². The zero-order chi connectivity index (χ0) is 17.5. The molecule has 0 spiro atoms. The maximum absolute atomic E-state index is 12.2. The van der Waals surface area contributed by atoms with Crippen molar-refractivity contribution in [1.82, 2.24) is 9.21 Å². The zero-order valence-electron chi connectivity index (χ0n) is 13.7. The Morgan fingerprint density at radius 1 is 1.26 bits per heavy atom. The number of amides is 1. The molecule has 1 N–H and O–H groups in total. The Bertz CT molecular complexity index is 499. The van der Waals surface area contributed by atoms with Crippen LogP contribution in [-0.2, 0) is 24.3 Å². The molecular weight excluding hydrogens is 324 g/mol. The van der Waals surface area contributed by atoms with Crippen LogP contribution in [0.3, 0.4) is 0 Å². The maximum atomic E-state index is 12.2. The highest BCUT2D eigenvalue weighted by Gasteiger charge is 2.32. The molecule has 0 unspecified atom stereocenters. The van der Waals surface area contributed by atoms with E-state index in [-0.39, 0.29) is 37.3 Å². The first kappa shape index (κ1) is 19.9. The van der Waals surface area contributed by atoms with Crippen LogP contribution in [0.2, 0.25) is 0 Å². The van der Waals surface area contributed by atoms with E-state index in [1.54, 1.807) is 6.92 Å². The second-order valence-corrected chi connectivity index (χ2v) is 7.65. The maximum Gasteiger partial charge on any atom is 0.323 e. The summed E-state index contributed by atoms with van der Waals surface area (Å²) >= 11 is 0. The average molecular weight is 350 g/mol. The molecule has 23 heavy (non-hydrogen) atoms. The van der Waals surface area contributed by atoms with E-state index >= 15 is 0 Å². The number of hydrogen-bond acceptors (Lipinski definition) is 5. The Kier molecular flexibility index (Phi) is 7.93. The quantitative estimate of drug-likeness (QED) is 0.593. The molecule has 0 aromatic carbocycles.